The van der Waals surface area contributed by atoms with Crippen LogP contribution in [-0.4, -0.2) is 30.4 Å². The van der Waals surface area contributed by atoms with Crippen molar-refractivity contribution in [1.82, 2.24) is 4.90 Å². The Morgan fingerprint density at radius 2 is 1.93 bits per heavy atom. The molecular formula is C23H22N2O3S. The maximum absolute atomic E-state index is 13.1. The summed E-state index contributed by atoms with van der Waals surface area (Å²) >= 11 is 1.39. The number of rotatable bonds is 5. The maximum atomic E-state index is 13.1. The normalized spacial score (nSPS) is 15.9. The van der Waals surface area contributed by atoms with E-state index >= 15 is 0 Å². The fourth-order valence-electron chi connectivity index (χ4n) is 3.67. The van der Waals surface area contributed by atoms with E-state index < -0.39 is 0 Å². The zero-order valence-electron chi connectivity index (χ0n) is 16.1. The van der Waals surface area contributed by atoms with E-state index in [1.165, 1.54) is 11.3 Å². The third kappa shape index (κ3) is 4.17. The molecule has 0 radical (unpaired) electrons. The smallest absolute Gasteiger partial charge is 0.265 e. The molecule has 1 N–H and O–H groups in total. The van der Waals surface area contributed by atoms with Gasteiger partial charge in [0.1, 0.15) is 5.75 Å². The first-order valence-corrected chi connectivity index (χ1v) is 10.4. The van der Waals surface area contributed by atoms with Gasteiger partial charge in [-0.05, 0) is 66.2 Å². The summed E-state index contributed by atoms with van der Waals surface area (Å²) in [5.74, 6) is 0.663. The Morgan fingerprint density at radius 3 is 2.66 bits per heavy atom. The van der Waals surface area contributed by atoms with Gasteiger partial charge in [0.15, 0.2) is 0 Å². The standard InChI is InChI=1S/C23H22N2O3S/c1-28-19-6-2-5-17(15-19)20-7-3-13-25(20)23(27)16-9-11-18(12-10-16)24-22(26)21-8-4-14-29-21/h2,4-6,8-12,14-15,20H,3,7,13H2,1H3,(H,24,26). The maximum Gasteiger partial charge on any atom is 0.265 e. The number of carbonyl (C=O) groups is 2. The van der Waals surface area contributed by atoms with Gasteiger partial charge in [-0.15, -0.1) is 11.3 Å². The predicted octanol–water partition coefficient (Wildman–Crippen LogP) is 4.99. The topological polar surface area (TPSA) is 58.6 Å². The summed E-state index contributed by atoms with van der Waals surface area (Å²) in [5.41, 5.74) is 2.38. The van der Waals surface area contributed by atoms with E-state index in [1.54, 1.807) is 37.4 Å². The van der Waals surface area contributed by atoms with E-state index in [-0.39, 0.29) is 17.9 Å². The van der Waals surface area contributed by atoms with E-state index in [9.17, 15) is 9.59 Å². The minimum Gasteiger partial charge on any atom is -0.497 e. The molecule has 1 aliphatic heterocycles. The first-order valence-electron chi connectivity index (χ1n) is 9.55. The number of amides is 2. The van der Waals surface area contributed by atoms with Gasteiger partial charge in [0.2, 0.25) is 0 Å². The van der Waals surface area contributed by atoms with Gasteiger partial charge in [-0.25, -0.2) is 0 Å². The van der Waals surface area contributed by atoms with E-state index in [0.29, 0.717) is 16.1 Å². The van der Waals surface area contributed by atoms with E-state index in [1.807, 2.05) is 40.6 Å². The zero-order valence-corrected chi connectivity index (χ0v) is 16.9. The SMILES string of the molecule is COc1cccc(C2CCCN2C(=O)c2ccc(NC(=O)c3cccs3)cc2)c1. The molecule has 1 aliphatic rings. The summed E-state index contributed by atoms with van der Waals surface area (Å²) in [4.78, 5) is 27.9. The lowest BCUT2D eigenvalue weighted by Crippen LogP contribution is -2.30. The first kappa shape index (κ1) is 19.2. The molecule has 5 nitrogen and oxygen atoms in total. The highest BCUT2D eigenvalue weighted by atomic mass is 32.1. The molecule has 148 valence electrons. The van der Waals surface area contributed by atoms with Crippen molar-refractivity contribution in [3.8, 4) is 5.75 Å². The van der Waals surface area contributed by atoms with Gasteiger partial charge < -0.3 is 15.0 Å². The van der Waals surface area contributed by atoms with Gasteiger partial charge in [0, 0.05) is 17.8 Å². The Balaban J connectivity index is 1.47. The Bertz CT molecular complexity index is 999. The second-order valence-electron chi connectivity index (χ2n) is 6.94. The van der Waals surface area contributed by atoms with Crippen LogP contribution in [0.15, 0.2) is 66.0 Å². The van der Waals surface area contributed by atoms with E-state index in [2.05, 4.69) is 5.32 Å². The highest BCUT2D eigenvalue weighted by molar-refractivity contribution is 7.12. The molecule has 1 aromatic heterocycles. The molecule has 6 heteroatoms. The van der Waals surface area contributed by atoms with Crippen molar-refractivity contribution in [2.24, 2.45) is 0 Å². The number of anilines is 1. The van der Waals surface area contributed by atoms with Gasteiger partial charge >= 0.3 is 0 Å². The Hall–Kier alpha value is -3.12. The van der Waals surface area contributed by atoms with Crippen molar-refractivity contribution < 1.29 is 14.3 Å². The Kier molecular flexibility index (Phi) is 5.62. The highest BCUT2D eigenvalue weighted by Gasteiger charge is 2.30. The quantitative estimate of drug-likeness (QED) is 0.650. The molecule has 1 fully saturated rings. The lowest BCUT2D eigenvalue weighted by Gasteiger charge is -2.25. The third-order valence-corrected chi connectivity index (χ3v) is 6.00. The van der Waals surface area contributed by atoms with Crippen LogP contribution in [0.25, 0.3) is 0 Å². The lowest BCUT2D eigenvalue weighted by molar-refractivity contribution is 0.0735. The van der Waals surface area contributed by atoms with Crippen molar-refractivity contribution in [2.45, 2.75) is 18.9 Å². The number of nitrogens with one attached hydrogen (secondary N) is 1. The number of nitrogens with zero attached hydrogens (tertiary/aromatic N) is 1. The van der Waals surface area contributed by atoms with Crippen molar-refractivity contribution in [1.29, 1.82) is 0 Å². The lowest BCUT2D eigenvalue weighted by atomic mass is 10.0. The number of thiophene rings is 1. The molecule has 1 saturated heterocycles. The first-order chi connectivity index (χ1) is 14.2. The summed E-state index contributed by atoms with van der Waals surface area (Å²) in [5, 5.41) is 4.73. The number of hydrogen-bond acceptors (Lipinski definition) is 4. The molecule has 0 aliphatic carbocycles. The average molecular weight is 407 g/mol. The molecule has 0 bridgehead atoms. The second kappa shape index (κ2) is 8.49. The predicted molar refractivity (Wildman–Crippen MR) is 115 cm³/mol. The van der Waals surface area contributed by atoms with E-state index in [0.717, 1.165) is 30.7 Å². The van der Waals surface area contributed by atoms with Gasteiger partial charge in [0.25, 0.3) is 11.8 Å². The molecular weight excluding hydrogens is 384 g/mol. The van der Waals surface area contributed by atoms with Crippen molar-refractivity contribution >= 4 is 28.8 Å². The second-order valence-corrected chi connectivity index (χ2v) is 7.89. The molecule has 2 heterocycles. The number of likely N-dealkylation sites (tertiary alicyclic amines) is 1. The van der Waals surface area contributed by atoms with Crippen LogP contribution in [0.1, 0.15) is 44.5 Å². The number of carbonyl (C=O) groups excluding carboxylic acids is 2. The molecule has 1 atom stereocenters. The Morgan fingerprint density at radius 1 is 1.10 bits per heavy atom. The van der Waals surface area contributed by atoms with Crippen LogP contribution in [0.3, 0.4) is 0 Å². The van der Waals surface area contributed by atoms with Gasteiger partial charge in [0.05, 0.1) is 18.0 Å². The largest absolute Gasteiger partial charge is 0.497 e. The number of ether oxygens (including phenoxy) is 1. The molecule has 1 unspecified atom stereocenters. The molecule has 2 amide bonds. The zero-order chi connectivity index (χ0) is 20.2. The van der Waals surface area contributed by atoms with Gasteiger partial charge in [-0.2, -0.15) is 0 Å². The average Bonchev–Trinajstić information content (AvgIpc) is 3.46. The highest BCUT2D eigenvalue weighted by Crippen LogP contribution is 2.34. The molecule has 29 heavy (non-hydrogen) atoms. The van der Waals surface area contributed by atoms with Crippen LogP contribution in [-0.2, 0) is 0 Å². The van der Waals surface area contributed by atoms with Crippen LogP contribution >= 0.6 is 11.3 Å². The molecule has 0 saturated carbocycles. The van der Waals surface area contributed by atoms with Crippen LogP contribution in [0, 0.1) is 0 Å². The van der Waals surface area contributed by atoms with Crippen LogP contribution < -0.4 is 10.1 Å². The van der Waals surface area contributed by atoms with Crippen LogP contribution in [0.5, 0.6) is 5.75 Å². The number of methoxy groups -OCH3 is 1. The minimum absolute atomic E-state index is 0.00598. The fourth-order valence-corrected chi connectivity index (χ4v) is 4.29. The summed E-state index contributed by atoms with van der Waals surface area (Å²) < 4.78 is 5.33. The number of benzene rings is 2. The van der Waals surface area contributed by atoms with Gasteiger partial charge in [-0.3, -0.25) is 9.59 Å². The molecule has 2 aromatic carbocycles. The molecule has 0 spiro atoms. The van der Waals surface area contributed by atoms with Crippen molar-refractivity contribution in [3.05, 3.63) is 82.0 Å². The summed E-state index contributed by atoms with van der Waals surface area (Å²) in [6.07, 6.45) is 1.91. The summed E-state index contributed by atoms with van der Waals surface area (Å²) in [6.45, 7) is 0.734. The molecule has 3 aromatic rings. The van der Waals surface area contributed by atoms with Crippen LogP contribution in [0.2, 0.25) is 0 Å². The number of hydrogen-bond donors (Lipinski definition) is 1. The van der Waals surface area contributed by atoms with Crippen LogP contribution in [0.4, 0.5) is 5.69 Å². The monoisotopic (exact) mass is 406 g/mol. The Labute approximate surface area is 173 Å². The van der Waals surface area contributed by atoms with Crippen molar-refractivity contribution in [3.63, 3.8) is 0 Å². The van der Waals surface area contributed by atoms with Gasteiger partial charge in [-0.1, -0.05) is 18.2 Å². The molecule has 4 rings (SSSR count). The minimum atomic E-state index is -0.142. The van der Waals surface area contributed by atoms with Crippen molar-refractivity contribution in [2.75, 3.05) is 19.0 Å². The summed E-state index contributed by atoms with van der Waals surface area (Å²) in [7, 11) is 1.65. The summed E-state index contributed by atoms with van der Waals surface area (Å²) in [6, 6.07) is 18.7. The van der Waals surface area contributed by atoms with E-state index in [4.69, 9.17) is 4.74 Å². The fraction of sp³-hybridized carbons (Fsp3) is 0.217. The third-order valence-electron chi connectivity index (χ3n) is 5.13.